The lowest BCUT2D eigenvalue weighted by atomic mass is 10.3. The minimum Gasteiger partial charge on any atom is -0.396 e. The summed E-state index contributed by atoms with van der Waals surface area (Å²) >= 11 is 1.62. The number of imidazole rings is 1. The molecule has 0 aliphatic heterocycles. The first-order chi connectivity index (χ1) is 8.19. The van der Waals surface area contributed by atoms with Crippen molar-refractivity contribution in [2.24, 2.45) is 7.05 Å². The summed E-state index contributed by atoms with van der Waals surface area (Å²) in [5, 5.41) is 9.87. The van der Waals surface area contributed by atoms with Crippen LogP contribution in [-0.4, -0.2) is 26.2 Å². The van der Waals surface area contributed by atoms with Gasteiger partial charge in [-0.05, 0) is 19.1 Å². The van der Waals surface area contributed by atoms with Crippen LogP contribution in [0, 0.1) is 6.92 Å². The Morgan fingerprint density at radius 2 is 2.29 bits per heavy atom. The minimum absolute atomic E-state index is 0.173. The van der Waals surface area contributed by atoms with E-state index in [1.54, 1.807) is 17.7 Å². The molecule has 0 aromatic carbocycles. The third kappa shape index (κ3) is 3.01. The fraction of sp³-hybridized carbons (Fsp3) is 0.333. The number of rotatable bonds is 4. The Labute approximate surface area is 104 Å². The molecule has 0 fully saturated rings. The van der Waals surface area contributed by atoms with Crippen molar-refractivity contribution in [2.45, 2.75) is 13.3 Å². The number of aliphatic hydroxyl groups excluding tert-OH is 1. The van der Waals surface area contributed by atoms with Crippen LogP contribution in [0.2, 0.25) is 0 Å². The highest BCUT2D eigenvalue weighted by molar-refractivity contribution is 7.12. The maximum absolute atomic E-state index is 8.91. The molecule has 2 aromatic heterocycles. The van der Waals surface area contributed by atoms with Crippen molar-refractivity contribution in [1.29, 1.82) is 0 Å². The molecule has 0 amide bonds. The monoisotopic (exact) mass is 249 g/mol. The molecule has 2 rings (SSSR count). The van der Waals surface area contributed by atoms with E-state index >= 15 is 0 Å². The molecule has 0 saturated heterocycles. The summed E-state index contributed by atoms with van der Waals surface area (Å²) in [7, 11) is 1.94. The van der Waals surface area contributed by atoms with Gasteiger partial charge in [-0.3, -0.25) is 0 Å². The highest BCUT2D eigenvalue weighted by Crippen LogP contribution is 2.20. The molecule has 4 nitrogen and oxygen atoms in total. The Morgan fingerprint density at radius 3 is 2.94 bits per heavy atom. The van der Waals surface area contributed by atoms with Crippen LogP contribution in [0.4, 0.5) is 0 Å². The summed E-state index contributed by atoms with van der Waals surface area (Å²) in [6.45, 7) is 2.14. The summed E-state index contributed by atoms with van der Waals surface area (Å²) < 4.78 is 1.91. The van der Waals surface area contributed by atoms with E-state index in [4.69, 9.17) is 5.11 Å². The highest BCUT2D eigenvalue weighted by atomic mass is 32.1. The van der Waals surface area contributed by atoms with Crippen molar-refractivity contribution in [3.8, 4) is 0 Å². The molecule has 0 spiro atoms. The van der Waals surface area contributed by atoms with Crippen molar-refractivity contribution >= 4 is 23.5 Å². The largest absolute Gasteiger partial charge is 0.396 e. The van der Waals surface area contributed by atoms with Crippen LogP contribution in [-0.2, 0) is 13.5 Å². The number of aromatic nitrogens is 3. The van der Waals surface area contributed by atoms with E-state index in [9.17, 15) is 0 Å². The maximum Gasteiger partial charge on any atom is 0.116 e. The molecule has 17 heavy (non-hydrogen) atoms. The van der Waals surface area contributed by atoms with Gasteiger partial charge >= 0.3 is 0 Å². The molecule has 0 aliphatic rings. The first-order valence-electron chi connectivity index (χ1n) is 5.42. The van der Waals surface area contributed by atoms with E-state index in [0.29, 0.717) is 6.42 Å². The minimum atomic E-state index is 0.173. The number of aliphatic hydroxyl groups is 1. The Morgan fingerprint density at radius 1 is 1.47 bits per heavy atom. The van der Waals surface area contributed by atoms with Crippen LogP contribution in [0.5, 0.6) is 0 Å². The average molecular weight is 249 g/mol. The molecular weight excluding hydrogens is 234 g/mol. The van der Waals surface area contributed by atoms with Gasteiger partial charge in [-0.25, -0.2) is 9.97 Å². The highest BCUT2D eigenvalue weighted by Gasteiger charge is 2.04. The molecule has 0 radical (unpaired) electrons. The molecule has 90 valence electrons. The van der Waals surface area contributed by atoms with Crippen molar-refractivity contribution in [1.82, 2.24) is 14.5 Å². The van der Waals surface area contributed by atoms with Crippen molar-refractivity contribution in [2.75, 3.05) is 6.61 Å². The van der Waals surface area contributed by atoms with Crippen LogP contribution >= 0.6 is 11.3 Å². The Bertz CT molecular complexity index is 528. The molecule has 0 atom stereocenters. The lowest BCUT2D eigenvalue weighted by Gasteiger charge is -1.90. The first-order valence-corrected chi connectivity index (χ1v) is 6.24. The number of thiazole rings is 1. The lowest BCUT2D eigenvalue weighted by Crippen LogP contribution is -1.88. The molecule has 0 unspecified atom stereocenters. The summed E-state index contributed by atoms with van der Waals surface area (Å²) in [6.07, 6.45) is 8.30. The SMILES string of the molecule is Cc1nc(C=Cc2cn(C)cn2)sc1CCO. The van der Waals surface area contributed by atoms with Gasteiger partial charge in [-0.1, -0.05) is 0 Å². The van der Waals surface area contributed by atoms with Crippen LogP contribution in [0.1, 0.15) is 21.3 Å². The molecule has 0 bridgehead atoms. The summed E-state index contributed by atoms with van der Waals surface area (Å²) in [4.78, 5) is 9.79. The Kier molecular flexibility index (Phi) is 3.71. The summed E-state index contributed by atoms with van der Waals surface area (Å²) in [5.41, 5.74) is 1.92. The number of nitrogens with zero attached hydrogens (tertiary/aromatic N) is 3. The third-order valence-electron chi connectivity index (χ3n) is 2.37. The Hall–Kier alpha value is -1.46. The predicted octanol–water partition coefficient (Wildman–Crippen LogP) is 1.89. The standard InChI is InChI=1S/C12H15N3OS/c1-9-11(5-6-16)17-12(14-9)4-3-10-7-15(2)8-13-10/h3-4,7-8,16H,5-6H2,1-2H3. The maximum atomic E-state index is 8.91. The van der Waals surface area contributed by atoms with Gasteiger partial charge in [0, 0.05) is 31.1 Å². The van der Waals surface area contributed by atoms with Crippen molar-refractivity contribution in [3.05, 3.63) is 33.8 Å². The molecular formula is C12H15N3OS. The van der Waals surface area contributed by atoms with Crippen molar-refractivity contribution < 1.29 is 5.11 Å². The molecule has 2 aromatic rings. The average Bonchev–Trinajstić information content (AvgIpc) is 2.84. The smallest absolute Gasteiger partial charge is 0.116 e. The van der Waals surface area contributed by atoms with Crippen LogP contribution in [0.25, 0.3) is 12.2 Å². The second kappa shape index (κ2) is 5.25. The van der Waals surface area contributed by atoms with Gasteiger partial charge in [0.2, 0.25) is 0 Å². The number of aryl methyl sites for hydroxylation is 2. The molecule has 5 heteroatoms. The van der Waals surface area contributed by atoms with Gasteiger partial charge < -0.3 is 9.67 Å². The summed E-state index contributed by atoms with van der Waals surface area (Å²) in [6, 6.07) is 0. The van der Waals surface area contributed by atoms with Gasteiger partial charge in [0.1, 0.15) is 5.01 Å². The van der Waals surface area contributed by atoms with Gasteiger partial charge in [-0.2, -0.15) is 0 Å². The van der Waals surface area contributed by atoms with Crippen LogP contribution < -0.4 is 0 Å². The van der Waals surface area contributed by atoms with Gasteiger partial charge in [0.05, 0.1) is 17.7 Å². The number of hydrogen-bond acceptors (Lipinski definition) is 4. The zero-order valence-electron chi connectivity index (χ0n) is 9.92. The summed E-state index contributed by atoms with van der Waals surface area (Å²) in [5.74, 6) is 0. The molecule has 0 saturated carbocycles. The second-order valence-corrected chi connectivity index (χ2v) is 4.95. The van der Waals surface area contributed by atoms with E-state index in [2.05, 4.69) is 9.97 Å². The van der Waals surface area contributed by atoms with Crippen LogP contribution in [0.15, 0.2) is 12.5 Å². The molecule has 2 heterocycles. The predicted molar refractivity (Wildman–Crippen MR) is 69.8 cm³/mol. The first kappa shape index (κ1) is 12.0. The molecule has 1 N–H and O–H groups in total. The quantitative estimate of drug-likeness (QED) is 0.900. The molecule has 0 aliphatic carbocycles. The van der Waals surface area contributed by atoms with Crippen LogP contribution in [0.3, 0.4) is 0 Å². The van der Waals surface area contributed by atoms with E-state index in [1.165, 1.54) is 0 Å². The third-order valence-corrected chi connectivity index (χ3v) is 3.55. The lowest BCUT2D eigenvalue weighted by molar-refractivity contribution is 0.300. The van der Waals surface area contributed by atoms with E-state index < -0.39 is 0 Å². The fourth-order valence-electron chi connectivity index (χ4n) is 1.53. The second-order valence-electron chi connectivity index (χ2n) is 3.83. The Balaban J connectivity index is 2.13. The topological polar surface area (TPSA) is 50.9 Å². The van der Waals surface area contributed by atoms with Gasteiger partial charge in [-0.15, -0.1) is 11.3 Å². The van der Waals surface area contributed by atoms with Gasteiger partial charge in [0.25, 0.3) is 0 Å². The zero-order chi connectivity index (χ0) is 12.3. The number of hydrogen-bond donors (Lipinski definition) is 1. The van der Waals surface area contributed by atoms with Gasteiger partial charge in [0.15, 0.2) is 0 Å². The zero-order valence-corrected chi connectivity index (χ0v) is 10.7. The normalized spacial score (nSPS) is 11.5. The van der Waals surface area contributed by atoms with E-state index in [1.807, 2.05) is 36.9 Å². The van der Waals surface area contributed by atoms with E-state index in [-0.39, 0.29) is 6.61 Å². The van der Waals surface area contributed by atoms with E-state index in [0.717, 1.165) is 21.3 Å². The fourth-order valence-corrected chi connectivity index (χ4v) is 2.49. The van der Waals surface area contributed by atoms with Crippen molar-refractivity contribution in [3.63, 3.8) is 0 Å².